The molecule has 0 saturated carbocycles. The molecule has 24 heavy (non-hydrogen) atoms. The molecule has 126 valence electrons. The second kappa shape index (κ2) is 7.81. The van der Waals surface area contributed by atoms with Gasteiger partial charge in [-0.25, -0.2) is 0 Å². The molecule has 3 rings (SSSR count). The van der Waals surface area contributed by atoms with E-state index in [-0.39, 0.29) is 5.91 Å². The molecule has 0 aromatic heterocycles. The molecule has 1 aliphatic heterocycles. The Hall–Kier alpha value is -1.85. The number of halogens is 1. The molecule has 1 fully saturated rings. The van der Waals surface area contributed by atoms with E-state index in [4.69, 9.17) is 0 Å². The van der Waals surface area contributed by atoms with E-state index in [2.05, 4.69) is 50.2 Å². The summed E-state index contributed by atoms with van der Waals surface area (Å²) in [5, 5.41) is 2.96. The maximum absolute atomic E-state index is 12.2. The molecule has 1 amide bonds. The predicted octanol–water partition coefficient (Wildman–Crippen LogP) is 3.38. The van der Waals surface area contributed by atoms with Gasteiger partial charge >= 0.3 is 0 Å². The average molecular weight is 388 g/mol. The van der Waals surface area contributed by atoms with Gasteiger partial charge in [0.15, 0.2) is 0 Å². The number of carbonyl (C=O) groups excluding carboxylic acids is 1. The normalized spacial score (nSPS) is 15.3. The fourth-order valence-corrected chi connectivity index (χ4v) is 3.08. The minimum atomic E-state index is 0.00432. The lowest BCUT2D eigenvalue weighted by Crippen LogP contribution is -2.44. The van der Waals surface area contributed by atoms with Crippen LogP contribution in [0.2, 0.25) is 0 Å². The Morgan fingerprint density at radius 1 is 1.00 bits per heavy atom. The number of benzene rings is 2. The number of rotatable bonds is 4. The van der Waals surface area contributed by atoms with Crippen LogP contribution in [0.1, 0.15) is 5.56 Å². The Bertz CT molecular complexity index is 677. The molecule has 1 N–H and O–H groups in total. The molecular formula is C19H22BrN3O. The first-order valence-corrected chi connectivity index (χ1v) is 8.97. The van der Waals surface area contributed by atoms with Crippen molar-refractivity contribution in [2.45, 2.75) is 6.42 Å². The molecule has 5 heteroatoms. The Morgan fingerprint density at radius 3 is 2.25 bits per heavy atom. The molecular weight excluding hydrogens is 366 g/mol. The van der Waals surface area contributed by atoms with Gasteiger partial charge in [-0.2, -0.15) is 0 Å². The molecule has 0 radical (unpaired) electrons. The number of piperazine rings is 1. The van der Waals surface area contributed by atoms with Gasteiger partial charge in [0.05, 0.1) is 6.42 Å². The van der Waals surface area contributed by atoms with E-state index in [1.807, 2.05) is 36.4 Å². The summed E-state index contributed by atoms with van der Waals surface area (Å²) in [5.74, 6) is 0.00432. The number of nitrogens with zero attached hydrogens (tertiary/aromatic N) is 2. The summed E-state index contributed by atoms with van der Waals surface area (Å²) in [4.78, 5) is 16.9. The largest absolute Gasteiger partial charge is 0.369 e. The van der Waals surface area contributed by atoms with Crippen LogP contribution in [0.25, 0.3) is 0 Å². The standard InChI is InChI=1S/C19H22BrN3O/c1-22-10-12-23(13-11-22)18-8-6-17(7-9-18)21-19(24)14-15-2-4-16(20)5-3-15/h2-9H,10-14H2,1H3,(H,21,24). The van der Waals surface area contributed by atoms with E-state index in [1.165, 1.54) is 5.69 Å². The fourth-order valence-electron chi connectivity index (χ4n) is 2.81. The predicted molar refractivity (Wildman–Crippen MR) is 103 cm³/mol. The number of anilines is 2. The molecule has 1 heterocycles. The minimum absolute atomic E-state index is 0.00432. The second-order valence-electron chi connectivity index (χ2n) is 6.19. The summed E-state index contributed by atoms with van der Waals surface area (Å²) < 4.78 is 1.02. The third-order valence-electron chi connectivity index (χ3n) is 4.30. The van der Waals surface area contributed by atoms with Gasteiger partial charge in [0.25, 0.3) is 0 Å². The third kappa shape index (κ3) is 4.58. The van der Waals surface area contributed by atoms with Crippen molar-refractivity contribution >= 4 is 33.2 Å². The van der Waals surface area contributed by atoms with Crippen LogP contribution in [0.5, 0.6) is 0 Å². The number of amides is 1. The van der Waals surface area contributed by atoms with E-state index in [1.54, 1.807) is 0 Å². The Kier molecular flexibility index (Phi) is 5.53. The zero-order chi connectivity index (χ0) is 16.9. The summed E-state index contributed by atoms with van der Waals surface area (Å²) in [6.07, 6.45) is 0.382. The maximum Gasteiger partial charge on any atom is 0.228 e. The van der Waals surface area contributed by atoms with Crippen molar-refractivity contribution in [3.05, 3.63) is 58.6 Å². The molecule has 0 bridgehead atoms. The summed E-state index contributed by atoms with van der Waals surface area (Å²) in [6.45, 7) is 4.27. The van der Waals surface area contributed by atoms with Gasteiger partial charge < -0.3 is 15.1 Å². The highest BCUT2D eigenvalue weighted by Crippen LogP contribution is 2.19. The number of nitrogens with one attached hydrogen (secondary N) is 1. The Labute approximate surface area is 151 Å². The van der Waals surface area contributed by atoms with Crippen molar-refractivity contribution in [3.63, 3.8) is 0 Å². The van der Waals surface area contributed by atoms with Crippen LogP contribution >= 0.6 is 15.9 Å². The molecule has 2 aromatic carbocycles. The maximum atomic E-state index is 12.2. The lowest BCUT2D eigenvalue weighted by Gasteiger charge is -2.34. The lowest BCUT2D eigenvalue weighted by molar-refractivity contribution is -0.115. The van der Waals surface area contributed by atoms with Gasteiger partial charge in [-0.05, 0) is 49.0 Å². The number of hydrogen-bond acceptors (Lipinski definition) is 3. The van der Waals surface area contributed by atoms with Crippen molar-refractivity contribution in [2.24, 2.45) is 0 Å². The van der Waals surface area contributed by atoms with Crippen molar-refractivity contribution < 1.29 is 4.79 Å². The van der Waals surface area contributed by atoms with E-state index in [9.17, 15) is 4.79 Å². The molecule has 4 nitrogen and oxygen atoms in total. The van der Waals surface area contributed by atoms with E-state index < -0.39 is 0 Å². The molecule has 0 spiro atoms. The third-order valence-corrected chi connectivity index (χ3v) is 4.83. The first-order chi connectivity index (χ1) is 11.6. The first-order valence-electron chi connectivity index (χ1n) is 8.18. The number of likely N-dealkylation sites (N-methyl/N-ethyl adjacent to an activating group) is 1. The van der Waals surface area contributed by atoms with Crippen molar-refractivity contribution in [2.75, 3.05) is 43.4 Å². The highest BCUT2D eigenvalue weighted by molar-refractivity contribution is 9.10. The monoisotopic (exact) mass is 387 g/mol. The van der Waals surface area contributed by atoms with Gasteiger partial charge in [0, 0.05) is 42.0 Å². The summed E-state index contributed by atoms with van der Waals surface area (Å²) >= 11 is 3.40. The molecule has 1 aliphatic rings. The highest BCUT2D eigenvalue weighted by Gasteiger charge is 2.14. The van der Waals surface area contributed by atoms with Crippen LogP contribution in [-0.4, -0.2) is 44.0 Å². The van der Waals surface area contributed by atoms with Crippen LogP contribution in [0.15, 0.2) is 53.0 Å². The zero-order valence-electron chi connectivity index (χ0n) is 13.8. The van der Waals surface area contributed by atoms with Gasteiger partial charge in [0.1, 0.15) is 0 Å². The molecule has 1 saturated heterocycles. The molecule has 2 aromatic rings. The first kappa shape index (κ1) is 17.0. The lowest BCUT2D eigenvalue weighted by atomic mass is 10.1. The summed E-state index contributed by atoms with van der Waals surface area (Å²) in [5.41, 5.74) is 3.06. The quantitative estimate of drug-likeness (QED) is 0.873. The summed E-state index contributed by atoms with van der Waals surface area (Å²) in [7, 11) is 2.15. The van der Waals surface area contributed by atoms with E-state index in [0.29, 0.717) is 6.42 Å². The van der Waals surface area contributed by atoms with Crippen LogP contribution in [0, 0.1) is 0 Å². The smallest absolute Gasteiger partial charge is 0.228 e. The second-order valence-corrected chi connectivity index (χ2v) is 7.10. The van der Waals surface area contributed by atoms with Crippen molar-refractivity contribution in [1.82, 2.24) is 4.90 Å². The Morgan fingerprint density at radius 2 is 1.62 bits per heavy atom. The summed E-state index contributed by atoms with van der Waals surface area (Å²) in [6, 6.07) is 15.9. The van der Waals surface area contributed by atoms with Gasteiger partial charge in [0.2, 0.25) is 5.91 Å². The van der Waals surface area contributed by atoms with Gasteiger partial charge in [-0.1, -0.05) is 28.1 Å². The van der Waals surface area contributed by atoms with Crippen molar-refractivity contribution in [1.29, 1.82) is 0 Å². The van der Waals surface area contributed by atoms with Crippen molar-refractivity contribution in [3.8, 4) is 0 Å². The minimum Gasteiger partial charge on any atom is -0.369 e. The fraction of sp³-hybridized carbons (Fsp3) is 0.316. The van der Waals surface area contributed by atoms with Crippen LogP contribution < -0.4 is 10.2 Å². The molecule has 0 atom stereocenters. The van der Waals surface area contributed by atoms with Crippen LogP contribution in [-0.2, 0) is 11.2 Å². The van der Waals surface area contributed by atoms with E-state index in [0.717, 1.165) is 41.9 Å². The van der Waals surface area contributed by atoms with Crippen LogP contribution in [0.3, 0.4) is 0 Å². The van der Waals surface area contributed by atoms with Gasteiger partial charge in [-0.3, -0.25) is 4.79 Å². The Balaban J connectivity index is 1.55. The zero-order valence-corrected chi connectivity index (χ0v) is 15.4. The van der Waals surface area contributed by atoms with E-state index >= 15 is 0 Å². The average Bonchev–Trinajstić information content (AvgIpc) is 2.58. The molecule has 0 aliphatic carbocycles. The van der Waals surface area contributed by atoms with Gasteiger partial charge in [-0.15, -0.1) is 0 Å². The number of hydrogen-bond donors (Lipinski definition) is 1. The number of carbonyl (C=O) groups is 1. The SMILES string of the molecule is CN1CCN(c2ccc(NC(=O)Cc3ccc(Br)cc3)cc2)CC1. The highest BCUT2D eigenvalue weighted by atomic mass is 79.9. The molecule has 0 unspecified atom stereocenters. The topological polar surface area (TPSA) is 35.6 Å². The van der Waals surface area contributed by atoms with Crippen LogP contribution in [0.4, 0.5) is 11.4 Å².